The molecule has 76 valence electrons. The third-order valence-electron chi connectivity index (χ3n) is 2.20. The van der Waals surface area contributed by atoms with Gasteiger partial charge in [0, 0.05) is 6.54 Å². The van der Waals surface area contributed by atoms with Crippen LogP contribution < -0.4 is 0 Å². The van der Waals surface area contributed by atoms with Crippen molar-refractivity contribution in [1.29, 1.82) is 0 Å². The topological polar surface area (TPSA) is 34.9 Å². The van der Waals surface area contributed by atoms with Crippen molar-refractivity contribution in [3.8, 4) is 0 Å². The molecular formula is C11H16N2O. The van der Waals surface area contributed by atoms with Crippen LogP contribution in [0.15, 0.2) is 18.1 Å². The molecule has 0 N–H and O–H groups in total. The number of carbonyl (C=O) groups excluding carboxylic acids is 1. The molecule has 0 amide bonds. The van der Waals surface area contributed by atoms with E-state index >= 15 is 0 Å². The van der Waals surface area contributed by atoms with E-state index in [9.17, 15) is 4.79 Å². The first kappa shape index (κ1) is 10.7. The number of carbonyl (C=O) groups is 1. The van der Waals surface area contributed by atoms with Crippen LogP contribution in [0.25, 0.3) is 6.08 Å². The lowest BCUT2D eigenvalue weighted by Crippen LogP contribution is -1.99. The standard InChI is InChI=1S/C11H16N2O/c1-4-13-8-12-6-11(13)5-10(7-14)9(2)3/h5-9H,4H2,1-3H3. The molecule has 1 aromatic rings. The Morgan fingerprint density at radius 2 is 2.36 bits per heavy atom. The Labute approximate surface area is 84.5 Å². The van der Waals surface area contributed by atoms with Gasteiger partial charge in [-0.1, -0.05) is 13.8 Å². The Hall–Kier alpha value is -1.38. The number of aromatic nitrogens is 2. The SMILES string of the molecule is CCn1cncc1C=C(C=O)C(C)C. The number of rotatable bonds is 4. The van der Waals surface area contributed by atoms with Crippen molar-refractivity contribution in [2.45, 2.75) is 27.3 Å². The number of imidazole rings is 1. The van der Waals surface area contributed by atoms with Crippen molar-refractivity contribution in [3.63, 3.8) is 0 Å². The first-order chi connectivity index (χ1) is 6.69. The Morgan fingerprint density at radius 3 is 2.86 bits per heavy atom. The number of aryl methyl sites for hydroxylation is 1. The van der Waals surface area contributed by atoms with Crippen molar-refractivity contribution >= 4 is 12.4 Å². The van der Waals surface area contributed by atoms with Gasteiger partial charge in [0.05, 0.1) is 18.2 Å². The molecule has 3 heteroatoms. The summed E-state index contributed by atoms with van der Waals surface area (Å²) in [6.07, 6.45) is 6.36. The Balaban J connectivity index is 2.99. The first-order valence-corrected chi connectivity index (χ1v) is 4.86. The second kappa shape index (κ2) is 4.74. The van der Waals surface area contributed by atoms with Crippen LogP contribution in [-0.2, 0) is 11.3 Å². The molecule has 1 heterocycles. The normalized spacial score (nSPS) is 12.1. The zero-order chi connectivity index (χ0) is 10.6. The van der Waals surface area contributed by atoms with Crippen molar-refractivity contribution in [2.75, 3.05) is 0 Å². The fourth-order valence-electron chi connectivity index (χ4n) is 1.22. The number of hydrogen-bond acceptors (Lipinski definition) is 2. The monoisotopic (exact) mass is 192 g/mol. The highest BCUT2D eigenvalue weighted by atomic mass is 16.1. The lowest BCUT2D eigenvalue weighted by atomic mass is 10.0. The van der Waals surface area contributed by atoms with E-state index in [1.165, 1.54) is 0 Å². The van der Waals surface area contributed by atoms with Crippen LogP contribution in [0.2, 0.25) is 0 Å². The third-order valence-corrected chi connectivity index (χ3v) is 2.20. The zero-order valence-corrected chi connectivity index (χ0v) is 8.90. The van der Waals surface area contributed by atoms with Gasteiger partial charge in [-0.15, -0.1) is 0 Å². The van der Waals surface area contributed by atoms with Crippen LogP contribution in [0, 0.1) is 5.92 Å². The maximum atomic E-state index is 10.8. The van der Waals surface area contributed by atoms with E-state index in [4.69, 9.17) is 0 Å². The molecule has 1 rings (SSSR count). The highest BCUT2D eigenvalue weighted by molar-refractivity contribution is 5.81. The fraction of sp³-hybridized carbons (Fsp3) is 0.455. The van der Waals surface area contributed by atoms with Crippen LogP contribution >= 0.6 is 0 Å². The van der Waals surface area contributed by atoms with Crippen LogP contribution in [0.5, 0.6) is 0 Å². The molecule has 0 bridgehead atoms. The Bertz CT molecular complexity index is 337. The van der Waals surface area contributed by atoms with Gasteiger partial charge >= 0.3 is 0 Å². The van der Waals surface area contributed by atoms with Gasteiger partial charge < -0.3 is 4.57 Å². The predicted octanol–water partition coefficient (Wildman–Crippen LogP) is 2.14. The molecule has 0 aliphatic heterocycles. The maximum absolute atomic E-state index is 10.8. The largest absolute Gasteiger partial charge is 0.331 e. The molecule has 0 saturated carbocycles. The van der Waals surface area contributed by atoms with Crippen LogP contribution in [0.4, 0.5) is 0 Å². The predicted molar refractivity (Wildman–Crippen MR) is 56.8 cm³/mol. The maximum Gasteiger partial charge on any atom is 0.146 e. The summed E-state index contributed by atoms with van der Waals surface area (Å²) in [6.45, 7) is 6.94. The summed E-state index contributed by atoms with van der Waals surface area (Å²) in [7, 11) is 0. The average molecular weight is 192 g/mol. The zero-order valence-electron chi connectivity index (χ0n) is 8.90. The molecule has 0 aromatic carbocycles. The van der Waals surface area contributed by atoms with E-state index in [2.05, 4.69) is 11.9 Å². The average Bonchev–Trinajstić information content (AvgIpc) is 2.60. The summed E-state index contributed by atoms with van der Waals surface area (Å²) < 4.78 is 2.01. The molecule has 0 spiro atoms. The Kier molecular flexibility index (Phi) is 3.63. The Morgan fingerprint density at radius 1 is 1.64 bits per heavy atom. The summed E-state index contributed by atoms with van der Waals surface area (Å²) in [4.78, 5) is 14.8. The van der Waals surface area contributed by atoms with E-state index in [0.29, 0.717) is 0 Å². The quantitative estimate of drug-likeness (QED) is 0.541. The molecular weight excluding hydrogens is 176 g/mol. The number of hydrogen-bond donors (Lipinski definition) is 0. The lowest BCUT2D eigenvalue weighted by Gasteiger charge is -2.05. The van der Waals surface area contributed by atoms with Gasteiger partial charge in [-0.05, 0) is 24.5 Å². The summed E-state index contributed by atoms with van der Waals surface area (Å²) in [5.74, 6) is 0.257. The molecule has 14 heavy (non-hydrogen) atoms. The highest BCUT2D eigenvalue weighted by Crippen LogP contribution is 2.12. The summed E-state index contributed by atoms with van der Waals surface area (Å²) in [5, 5.41) is 0. The van der Waals surface area contributed by atoms with Crippen molar-refractivity contribution in [2.24, 2.45) is 5.92 Å². The second-order valence-corrected chi connectivity index (χ2v) is 3.52. The summed E-state index contributed by atoms with van der Waals surface area (Å²) in [6, 6.07) is 0. The molecule has 0 radical (unpaired) electrons. The van der Waals surface area contributed by atoms with Crippen molar-refractivity contribution < 1.29 is 4.79 Å². The van der Waals surface area contributed by atoms with Crippen molar-refractivity contribution in [3.05, 3.63) is 23.8 Å². The van der Waals surface area contributed by atoms with E-state index < -0.39 is 0 Å². The van der Waals surface area contributed by atoms with E-state index in [0.717, 1.165) is 24.1 Å². The molecule has 0 aliphatic rings. The van der Waals surface area contributed by atoms with Gasteiger partial charge in [0.1, 0.15) is 6.29 Å². The lowest BCUT2D eigenvalue weighted by molar-refractivity contribution is -0.105. The summed E-state index contributed by atoms with van der Waals surface area (Å²) in [5.41, 5.74) is 1.79. The van der Waals surface area contributed by atoms with Gasteiger partial charge in [0.25, 0.3) is 0 Å². The van der Waals surface area contributed by atoms with Crippen LogP contribution in [0.1, 0.15) is 26.5 Å². The minimum Gasteiger partial charge on any atom is -0.331 e. The molecule has 0 atom stereocenters. The number of allylic oxidation sites excluding steroid dienone is 1. The van der Waals surface area contributed by atoms with Crippen LogP contribution in [0.3, 0.4) is 0 Å². The molecule has 0 fully saturated rings. The number of nitrogens with zero attached hydrogens (tertiary/aromatic N) is 2. The minimum absolute atomic E-state index is 0.257. The van der Waals surface area contributed by atoms with Crippen molar-refractivity contribution in [1.82, 2.24) is 9.55 Å². The van der Waals surface area contributed by atoms with Crippen LogP contribution in [-0.4, -0.2) is 15.8 Å². The van der Waals surface area contributed by atoms with E-state index in [1.54, 1.807) is 12.5 Å². The highest BCUT2D eigenvalue weighted by Gasteiger charge is 2.03. The molecule has 3 nitrogen and oxygen atoms in total. The fourth-order valence-corrected chi connectivity index (χ4v) is 1.22. The van der Waals surface area contributed by atoms with E-state index in [-0.39, 0.29) is 5.92 Å². The van der Waals surface area contributed by atoms with Gasteiger partial charge in [-0.25, -0.2) is 4.98 Å². The summed E-state index contributed by atoms with van der Waals surface area (Å²) >= 11 is 0. The second-order valence-electron chi connectivity index (χ2n) is 3.52. The minimum atomic E-state index is 0.257. The molecule has 0 aliphatic carbocycles. The molecule has 0 unspecified atom stereocenters. The van der Waals surface area contributed by atoms with Gasteiger partial charge in [-0.2, -0.15) is 0 Å². The third kappa shape index (κ3) is 2.31. The number of aldehydes is 1. The smallest absolute Gasteiger partial charge is 0.146 e. The van der Waals surface area contributed by atoms with Gasteiger partial charge in [0.2, 0.25) is 0 Å². The van der Waals surface area contributed by atoms with E-state index in [1.807, 2.05) is 24.5 Å². The molecule has 0 saturated heterocycles. The first-order valence-electron chi connectivity index (χ1n) is 4.86. The molecule has 1 aromatic heterocycles. The van der Waals surface area contributed by atoms with Gasteiger partial charge in [0.15, 0.2) is 0 Å². The van der Waals surface area contributed by atoms with Gasteiger partial charge in [-0.3, -0.25) is 4.79 Å².